The SMILES string of the molecule is CC/C=C\C/C=C\C/C=C\C/C=C\C/C=C\C/C=C\C/C=C\C/C=C\CCCCCCC(=O)OCC(COC(=O)CCCCCCC)OC(=O)CCCCCCCCCCCCCCCCCCCCCCCCCCCCCCC. The van der Waals surface area contributed by atoms with Crippen molar-refractivity contribution in [3.63, 3.8) is 0 Å². The monoisotopic (exact) mass is 1130 g/mol. The number of rotatable bonds is 63. The number of ether oxygens (including phenoxy) is 3. The lowest BCUT2D eigenvalue weighted by atomic mass is 10.0. The van der Waals surface area contributed by atoms with E-state index in [2.05, 4.69) is 118 Å². The van der Waals surface area contributed by atoms with Crippen molar-refractivity contribution in [2.45, 2.75) is 348 Å². The van der Waals surface area contributed by atoms with Crippen LogP contribution in [0.3, 0.4) is 0 Å². The van der Waals surface area contributed by atoms with E-state index in [9.17, 15) is 14.4 Å². The van der Waals surface area contributed by atoms with Gasteiger partial charge < -0.3 is 14.2 Å². The van der Waals surface area contributed by atoms with Crippen molar-refractivity contribution in [3.8, 4) is 0 Å². The fraction of sp³-hybridized carbons (Fsp3) is 0.747. The third-order valence-corrected chi connectivity index (χ3v) is 15.1. The van der Waals surface area contributed by atoms with E-state index >= 15 is 0 Å². The molecule has 0 bridgehead atoms. The van der Waals surface area contributed by atoms with Crippen molar-refractivity contribution in [2.75, 3.05) is 13.2 Å². The standard InChI is InChI=1S/C75H130O6/c1-4-7-10-13-15-17-19-21-23-25-27-29-31-33-35-37-39-41-43-45-47-49-51-53-55-57-59-62-65-68-74(77)80-71-72(70-79-73(76)67-64-61-12-9-6-3)81-75(78)69-66-63-60-58-56-54-52-50-48-46-44-42-40-38-36-34-32-30-28-26-24-22-20-18-16-14-11-8-5-2/h7,10,15,17,21,23,27,29,33,35,39,41,45,47,51,53,72H,4-6,8-9,11-14,16,18-20,22,24-26,28,30-32,34,36-38,40,42-44,46,48-50,52,54-71H2,1-3H3/b10-7-,17-15-,23-21-,29-27-,35-33-,41-39-,47-45-,53-51-. The Morgan fingerprint density at radius 2 is 0.481 bits per heavy atom. The summed E-state index contributed by atoms with van der Waals surface area (Å²) in [5.74, 6) is -0.912. The van der Waals surface area contributed by atoms with E-state index in [4.69, 9.17) is 14.2 Å². The van der Waals surface area contributed by atoms with E-state index in [1.165, 1.54) is 173 Å². The normalized spacial score (nSPS) is 12.7. The van der Waals surface area contributed by atoms with Gasteiger partial charge in [-0.2, -0.15) is 0 Å². The molecule has 1 unspecified atom stereocenters. The number of allylic oxidation sites excluding steroid dienone is 16. The van der Waals surface area contributed by atoms with Crippen LogP contribution in [0.15, 0.2) is 97.2 Å². The molecular weight excluding hydrogens is 997 g/mol. The van der Waals surface area contributed by atoms with Crippen LogP contribution in [-0.4, -0.2) is 37.2 Å². The summed E-state index contributed by atoms with van der Waals surface area (Å²) in [6.07, 6.45) is 93.5. The number of hydrogen-bond donors (Lipinski definition) is 0. The molecule has 0 fully saturated rings. The van der Waals surface area contributed by atoms with Gasteiger partial charge in [-0.25, -0.2) is 0 Å². The third kappa shape index (κ3) is 67.0. The molecule has 0 amide bonds. The fourth-order valence-electron chi connectivity index (χ4n) is 9.93. The fourth-order valence-corrected chi connectivity index (χ4v) is 9.93. The van der Waals surface area contributed by atoms with Gasteiger partial charge in [0, 0.05) is 19.3 Å². The van der Waals surface area contributed by atoms with Gasteiger partial charge in [0.15, 0.2) is 6.10 Å². The summed E-state index contributed by atoms with van der Waals surface area (Å²) < 4.78 is 16.8. The summed E-state index contributed by atoms with van der Waals surface area (Å²) in [5.41, 5.74) is 0. The minimum absolute atomic E-state index is 0.0841. The van der Waals surface area contributed by atoms with Crippen molar-refractivity contribution in [1.29, 1.82) is 0 Å². The molecule has 0 aliphatic heterocycles. The van der Waals surface area contributed by atoms with Gasteiger partial charge in [-0.3, -0.25) is 14.4 Å². The predicted octanol–water partition coefficient (Wildman–Crippen LogP) is 24.0. The predicted molar refractivity (Wildman–Crippen MR) is 353 cm³/mol. The molecule has 0 saturated heterocycles. The van der Waals surface area contributed by atoms with Crippen molar-refractivity contribution >= 4 is 17.9 Å². The summed E-state index contributed by atoms with van der Waals surface area (Å²) in [4.78, 5) is 38.0. The first kappa shape index (κ1) is 77.3. The van der Waals surface area contributed by atoms with E-state index < -0.39 is 6.10 Å². The Kier molecular flexibility index (Phi) is 65.7. The molecule has 0 radical (unpaired) electrons. The highest BCUT2D eigenvalue weighted by Gasteiger charge is 2.19. The lowest BCUT2D eigenvalue weighted by Crippen LogP contribution is -2.30. The Balaban J connectivity index is 4.04. The van der Waals surface area contributed by atoms with Gasteiger partial charge in [0.25, 0.3) is 0 Å². The summed E-state index contributed by atoms with van der Waals surface area (Å²) in [6, 6.07) is 0. The molecule has 0 saturated carbocycles. The van der Waals surface area contributed by atoms with E-state index in [-0.39, 0.29) is 31.1 Å². The molecule has 0 aromatic heterocycles. The van der Waals surface area contributed by atoms with Gasteiger partial charge >= 0.3 is 17.9 Å². The first-order chi connectivity index (χ1) is 40.0. The van der Waals surface area contributed by atoms with E-state index in [0.29, 0.717) is 19.3 Å². The van der Waals surface area contributed by atoms with E-state index in [0.717, 1.165) is 128 Å². The maximum absolute atomic E-state index is 12.9. The Bertz CT molecular complexity index is 1580. The maximum atomic E-state index is 12.9. The van der Waals surface area contributed by atoms with Crippen LogP contribution in [0.1, 0.15) is 342 Å². The largest absolute Gasteiger partial charge is 0.462 e. The second kappa shape index (κ2) is 68.8. The van der Waals surface area contributed by atoms with Gasteiger partial charge in [-0.1, -0.05) is 336 Å². The second-order valence-electron chi connectivity index (χ2n) is 23.1. The first-order valence-electron chi connectivity index (χ1n) is 34.7. The Morgan fingerprint density at radius 3 is 0.753 bits per heavy atom. The van der Waals surface area contributed by atoms with Crippen LogP contribution < -0.4 is 0 Å². The van der Waals surface area contributed by atoms with Crippen LogP contribution in [0.2, 0.25) is 0 Å². The minimum Gasteiger partial charge on any atom is -0.462 e. The average Bonchev–Trinajstić information content (AvgIpc) is 3.47. The first-order valence-corrected chi connectivity index (χ1v) is 34.7. The summed E-state index contributed by atoms with van der Waals surface area (Å²) >= 11 is 0. The van der Waals surface area contributed by atoms with Crippen molar-refractivity contribution < 1.29 is 28.6 Å². The van der Waals surface area contributed by atoms with Gasteiger partial charge in [0.1, 0.15) is 13.2 Å². The van der Waals surface area contributed by atoms with E-state index in [1.54, 1.807) is 0 Å². The lowest BCUT2D eigenvalue weighted by molar-refractivity contribution is -0.167. The molecule has 0 aromatic carbocycles. The molecule has 0 N–H and O–H groups in total. The van der Waals surface area contributed by atoms with Crippen molar-refractivity contribution in [1.82, 2.24) is 0 Å². The zero-order valence-electron chi connectivity index (χ0n) is 53.5. The van der Waals surface area contributed by atoms with E-state index in [1.807, 2.05) is 0 Å². The third-order valence-electron chi connectivity index (χ3n) is 15.1. The Hall–Kier alpha value is -3.67. The molecular formula is C75H130O6. The zero-order valence-corrected chi connectivity index (χ0v) is 53.5. The molecule has 1 atom stereocenters. The maximum Gasteiger partial charge on any atom is 0.306 e. The molecule has 0 aliphatic carbocycles. The van der Waals surface area contributed by atoms with Crippen LogP contribution in [0, 0.1) is 0 Å². The van der Waals surface area contributed by atoms with Crippen molar-refractivity contribution in [3.05, 3.63) is 97.2 Å². The highest BCUT2D eigenvalue weighted by atomic mass is 16.6. The number of esters is 3. The topological polar surface area (TPSA) is 78.9 Å². The molecule has 0 aromatic rings. The Morgan fingerprint density at radius 1 is 0.259 bits per heavy atom. The van der Waals surface area contributed by atoms with Crippen LogP contribution in [0.5, 0.6) is 0 Å². The van der Waals surface area contributed by atoms with Crippen LogP contribution in [0.4, 0.5) is 0 Å². The Labute approximate surface area is 502 Å². The molecule has 0 spiro atoms. The molecule has 81 heavy (non-hydrogen) atoms. The smallest absolute Gasteiger partial charge is 0.306 e. The number of unbranched alkanes of at least 4 members (excludes halogenated alkanes) is 36. The summed E-state index contributed by atoms with van der Waals surface area (Å²) in [6.45, 7) is 6.46. The van der Waals surface area contributed by atoms with Gasteiger partial charge in [0.2, 0.25) is 0 Å². The molecule has 0 heterocycles. The summed E-state index contributed by atoms with van der Waals surface area (Å²) in [5, 5.41) is 0. The molecule has 6 nitrogen and oxygen atoms in total. The summed E-state index contributed by atoms with van der Waals surface area (Å²) in [7, 11) is 0. The van der Waals surface area contributed by atoms with Gasteiger partial charge in [-0.05, 0) is 83.5 Å². The average molecular weight is 1130 g/mol. The minimum atomic E-state index is -0.785. The van der Waals surface area contributed by atoms with Crippen LogP contribution >= 0.6 is 0 Å². The molecule has 0 aliphatic rings. The van der Waals surface area contributed by atoms with Crippen LogP contribution in [0.25, 0.3) is 0 Å². The zero-order chi connectivity index (χ0) is 58.5. The van der Waals surface area contributed by atoms with Crippen LogP contribution in [-0.2, 0) is 28.6 Å². The second-order valence-corrected chi connectivity index (χ2v) is 23.1. The molecule has 6 heteroatoms. The highest BCUT2D eigenvalue weighted by Crippen LogP contribution is 2.18. The highest BCUT2D eigenvalue weighted by molar-refractivity contribution is 5.71. The molecule has 466 valence electrons. The molecule has 0 rings (SSSR count). The quantitative estimate of drug-likeness (QED) is 0.0261. The number of carbonyl (C=O) groups excluding carboxylic acids is 3. The number of hydrogen-bond acceptors (Lipinski definition) is 6. The van der Waals surface area contributed by atoms with Crippen molar-refractivity contribution in [2.24, 2.45) is 0 Å². The van der Waals surface area contributed by atoms with Gasteiger partial charge in [-0.15, -0.1) is 0 Å². The lowest BCUT2D eigenvalue weighted by Gasteiger charge is -2.18. The van der Waals surface area contributed by atoms with Gasteiger partial charge in [0.05, 0.1) is 0 Å². The number of carbonyl (C=O) groups is 3.